The highest BCUT2D eigenvalue weighted by Crippen LogP contribution is 2.19. The standard InChI is InChI=1S/C11H12BrN3/c1-8-2-3-10(6-11(8)12)15-5-4-9(7-13)14-15/h2-6H,7,13H2,1H3. The molecule has 78 valence electrons. The van der Waals surface area contributed by atoms with Crippen molar-refractivity contribution in [1.29, 1.82) is 0 Å². The van der Waals surface area contributed by atoms with Crippen molar-refractivity contribution in [3.63, 3.8) is 0 Å². The number of aryl methyl sites for hydroxylation is 1. The van der Waals surface area contributed by atoms with E-state index in [1.807, 2.05) is 29.1 Å². The third-order valence-electron chi connectivity index (χ3n) is 2.27. The highest BCUT2D eigenvalue weighted by atomic mass is 79.9. The molecule has 0 amide bonds. The molecule has 2 aromatic rings. The van der Waals surface area contributed by atoms with E-state index in [0.717, 1.165) is 15.9 Å². The van der Waals surface area contributed by atoms with Crippen LogP contribution in [-0.2, 0) is 6.54 Å². The van der Waals surface area contributed by atoms with Gasteiger partial charge in [-0.25, -0.2) is 4.68 Å². The summed E-state index contributed by atoms with van der Waals surface area (Å²) in [5, 5.41) is 4.34. The smallest absolute Gasteiger partial charge is 0.0764 e. The van der Waals surface area contributed by atoms with E-state index in [-0.39, 0.29) is 0 Å². The van der Waals surface area contributed by atoms with Gasteiger partial charge in [-0.1, -0.05) is 22.0 Å². The van der Waals surface area contributed by atoms with Crippen LogP contribution in [0, 0.1) is 6.92 Å². The Hall–Kier alpha value is -1.13. The summed E-state index contributed by atoms with van der Waals surface area (Å²) in [5.41, 5.74) is 8.65. The molecule has 0 bridgehead atoms. The van der Waals surface area contributed by atoms with Crippen LogP contribution in [0.1, 0.15) is 11.3 Å². The molecule has 1 aromatic carbocycles. The predicted molar refractivity (Wildman–Crippen MR) is 63.9 cm³/mol. The van der Waals surface area contributed by atoms with Gasteiger partial charge in [0, 0.05) is 17.2 Å². The second-order valence-electron chi connectivity index (χ2n) is 3.39. The number of halogens is 1. The molecule has 0 unspecified atom stereocenters. The lowest BCUT2D eigenvalue weighted by molar-refractivity contribution is 0.833. The van der Waals surface area contributed by atoms with Crippen LogP contribution in [0.4, 0.5) is 0 Å². The molecule has 2 N–H and O–H groups in total. The van der Waals surface area contributed by atoms with Crippen molar-refractivity contribution >= 4 is 15.9 Å². The number of benzene rings is 1. The summed E-state index contributed by atoms with van der Waals surface area (Å²) in [6.07, 6.45) is 1.92. The van der Waals surface area contributed by atoms with Crippen LogP contribution in [0.25, 0.3) is 5.69 Å². The zero-order chi connectivity index (χ0) is 10.8. The van der Waals surface area contributed by atoms with Gasteiger partial charge < -0.3 is 5.73 Å². The summed E-state index contributed by atoms with van der Waals surface area (Å²) in [5.74, 6) is 0. The first-order valence-electron chi connectivity index (χ1n) is 4.72. The maximum absolute atomic E-state index is 5.51. The van der Waals surface area contributed by atoms with Crippen molar-refractivity contribution in [2.45, 2.75) is 13.5 Å². The Bertz CT molecular complexity index is 476. The van der Waals surface area contributed by atoms with Crippen molar-refractivity contribution in [3.05, 3.63) is 46.2 Å². The van der Waals surface area contributed by atoms with Gasteiger partial charge in [0.25, 0.3) is 0 Å². The van der Waals surface area contributed by atoms with E-state index in [1.54, 1.807) is 0 Å². The first kappa shape index (κ1) is 10.4. The molecule has 1 heterocycles. The van der Waals surface area contributed by atoms with Crippen molar-refractivity contribution in [1.82, 2.24) is 9.78 Å². The van der Waals surface area contributed by atoms with E-state index in [2.05, 4.69) is 34.0 Å². The van der Waals surface area contributed by atoms with E-state index in [9.17, 15) is 0 Å². The Balaban J connectivity index is 2.40. The van der Waals surface area contributed by atoms with Gasteiger partial charge >= 0.3 is 0 Å². The van der Waals surface area contributed by atoms with Crippen LogP contribution in [0.5, 0.6) is 0 Å². The second-order valence-corrected chi connectivity index (χ2v) is 4.24. The van der Waals surface area contributed by atoms with Crippen molar-refractivity contribution in [3.8, 4) is 5.69 Å². The van der Waals surface area contributed by atoms with E-state index in [4.69, 9.17) is 5.73 Å². The zero-order valence-corrected chi connectivity index (χ0v) is 10.0. The number of rotatable bonds is 2. The molecule has 0 aliphatic rings. The van der Waals surface area contributed by atoms with Gasteiger partial charge in [-0.3, -0.25) is 0 Å². The van der Waals surface area contributed by atoms with Crippen LogP contribution < -0.4 is 5.73 Å². The molecule has 0 radical (unpaired) electrons. The maximum atomic E-state index is 5.51. The topological polar surface area (TPSA) is 43.8 Å². The fourth-order valence-electron chi connectivity index (χ4n) is 1.34. The van der Waals surface area contributed by atoms with Gasteiger partial charge in [-0.05, 0) is 30.7 Å². The second kappa shape index (κ2) is 4.16. The summed E-state index contributed by atoms with van der Waals surface area (Å²) in [7, 11) is 0. The van der Waals surface area contributed by atoms with Crippen molar-refractivity contribution < 1.29 is 0 Å². The Labute approximate surface area is 97.0 Å². The monoisotopic (exact) mass is 265 g/mol. The van der Waals surface area contributed by atoms with Gasteiger partial charge in [-0.2, -0.15) is 5.10 Å². The van der Waals surface area contributed by atoms with E-state index in [1.165, 1.54) is 5.56 Å². The molecule has 2 rings (SSSR count). The molecule has 0 atom stereocenters. The third kappa shape index (κ3) is 2.11. The highest BCUT2D eigenvalue weighted by molar-refractivity contribution is 9.10. The minimum Gasteiger partial charge on any atom is -0.325 e. The van der Waals surface area contributed by atoms with Crippen LogP contribution in [0.15, 0.2) is 34.9 Å². The van der Waals surface area contributed by atoms with Crippen LogP contribution >= 0.6 is 15.9 Å². The van der Waals surface area contributed by atoms with Gasteiger partial charge in [0.1, 0.15) is 0 Å². The van der Waals surface area contributed by atoms with Crippen molar-refractivity contribution in [2.75, 3.05) is 0 Å². The number of aromatic nitrogens is 2. The summed E-state index contributed by atoms with van der Waals surface area (Å²) in [6, 6.07) is 8.06. The summed E-state index contributed by atoms with van der Waals surface area (Å²) >= 11 is 3.50. The van der Waals surface area contributed by atoms with Crippen LogP contribution in [-0.4, -0.2) is 9.78 Å². The SMILES string of the molecule is Cc1ccc(-n2ccc(CN)n2)cc1Br. The summed E-state index contributed by atoms with van der Waals surface area (Å²) < 4.78 is 2.91. The fourth-order valence-corrected chi connectivity index (χ4v) is 1.71. The zero-order valence-electron chi connectivity index (χ0n) is 8.44. The molecule has 15 heavy (non-hydrogen) atoms. The molecule has 0 spiro atoms. The third-order valence-corrected chi connectivity index (χ3v) is 3.13. The predicted octanol–water partition coefficient (Wildman–Crippen LogP) is 2.40. The number of hydrogen-bond donors (Lipinski definition) is 1. The lowest BCUT2D eigenvalue weighted by Gasteiger charge is -2.03. The normalized spacial score (nSPS) is 10.6. The van der Waals surface area contributed by atoms with Gasteiger partial charge in [0.05, 0.1) is 11.4 Å². The average Bonchev–Trinajstić information content (AvgIpc) is 2.70. The van der Waals surface area contributed by atoms with Crippen LogP contribution in [0.2, 0.25) is 0 Å². The first-order valence-corrected chi connectivity index (χ1v) is 5.51. The molecule has 0 saturated heterocycles. The molecule has 0 fully saturated rings. The van der Waals surface area contributed by atoms with Crippen molar-refractivity contribution in [2.24, 2.45) is 5.73 Å². The Kier molecular flexibility index (Phi) is 2.88. The largest absolute Gasteiger partial charge is 0.325 e. The molecule has 1 aromatic heterocycles. The molecule has 4 heteroatoms. The minimum absolute atomic E-state index is 0.472. The fraction of sp³-hybridized carbons (Fsp3) is 0.182. The van der Waals surface area contributed by atoms with Gasteiger partial charge in [0.2, 0.25) is 0 Å². The Morgan fingerprint density at radius 1 is 1.40 bits per heavy atom. The van der Waals surface area contributed by atoms with E-state index in [0.29, 0.717) is 6.54 Å². The lowest BCUT2D eigenvalue weighted by atomic mass is 10.2. The maximum Gasteiger partial charge on any atom is 0.0764 e. The van der Waals surface area contributed by atoms with E-state index < -0.39 is 0 Å². The van der Waals surface area contributed by atoms with Gasteiger partial charge in [-0.15, -0.1) is 0 Å². The minimum atomic E-state index is 0.472. The highest BCUT2D eigenvalue weighted by Gasteiger charge is 2.01. The molecule has 0 saturated carbocycles. The first-order chi connectivity index (χ1) is 7.20. The quantitative estimate of drug-likeness (QED) is 0.907. The molecule has 3 nitrogen and oxygen atoms in total. The molecular formula is C11H12BrN3. The Morgan fingerprint density at radius 2 is 2.20 bits per heavy atom. The molecule has 0 aliphatic carbocycles. The number of hydrogen-bond acceptors (Lipinski definition) is 2. The summed E-state index contributed by atoms with van der Waals surface area (Å²) in [6.45, 7) is 2.53. The van der Waals surface area contributed by atoms with Crippen LogP contribution in [0.3, 0.4) is 0 Å². The number of nitrogens with two attached hydrogens (primary N) is 1. The van der Waals surface area contributed by atoms with Gasteiger partial charge in [0.15, 0.2) is 0 Å². The lowest BCUT2D eigenvalue weighted by Crippen LogP contribution is -2.00. The average molecular weight is 266 g/mol. The number of nitrogens with zero attached hydrogens (tertiary/aromatic N) is 2. The van der Waals surface area contributed by atoms with E-state index >= 15 is 0 Å². The Morgan fingerprint density at radius 3 is 2.80 bits per heavy atom. The molecular weight excluding hydrogens is 254 g/mol. The summed E-state index contributed by atoms with van der Waals surface area (Å²) in [4.78, 5) is 0. The molecule has 0 aliphatic heterocycles.